The van der Waals surface area contributed by atoms with Gasteiger partial charge in [-0.05, 0) is 25.5 Å². The number of rotatable bonds is 12. The Kier molecular flexibility index (Phi) is 8.79. The molecule has 0 radical (unpaired) electrons. The van der Waals surface area contributed by atoms with Crippen molar-refractivity contribution in [3.63, 3.8) is 0 Å². The fourth-order valence-corrected chi connectivity index (χ4v) is 5.31. The van der Waals surface area contributed by atoms with Crippen LogP contribution in [0.25, 0.3) is 22.5 Å². The van der Waals surface area contributed by atoms with Gasteiger partial charge in [-0.2, -0.15) is 9.97 Å². The average molecular weight is 555 g/mol. The van der Waals surface area contributed by atoms with E-state index in [0.29, 0.717) is 52.1 Å². The molecule has 2 aromatic heterocycles. The van der Waals surface area contributed by atoms with Crippen LogP contribution in [0.2, 0.25) is 0 Å². The highest BCUT2D eigenvalue weighted by Gasteiger charge is 2.32. The maximum atomic E-state index is 14.1. The molecule has 2 aromatic carbocycles. The van der Waals surface area contributed by atoms with Crippen molar-refractivity contribution in [1.82, 2.24) is 15.1 Å². The zero-order chi connectivity index (χ0) is 28.0. The van der Waals surface area contributed by atoms with Gasteiger partial charge < -0.3 is 23.5 Å². The van der Waals surface area contributed by atoms with E-state index in [-0.39, 0.29) is 24.1 Å². The Balaban J connectivity index is 1.73. The Bertz CT molecular complexity index is 1500. The van der Waals surface area contributed by atoms with E-state index in [1.54, 1.807) is 51.3 Å². The van der Waals surface area contributed by atoms with Gasteiger partial charge in [0.1, 0.15) is 6.73 Å². The van der Waals surface area contributed by atoms with Crippen molar-refractivity contribution in [3.8, 4) is 34.3 Å². The summed E-state index contributed by atoms with van der Waals surface area (Å²) in [5, 5.41) is 3.94. The Morgan fingerprint density at radius 1 is 0.872 bits per heavy atom. The highest BCUT2D eigenvalue weighted by molar-refractivity contribution is 7.93. The first-order valence-corrected chi connectivity index (χ1v) is 13.4. The summed E-state index contributed by atoms with van der Waals surface area (Å²) in [7, 11) is 0.435. The van der Waals surface area contributed by atoms with Gasteiger partial charge in [0, 0.05) is 23.8 Å². The summed E-state index contributed by atoms with van der Waals surface area (Å²) in [6.07, 6.45) is 0. The fourth-order valence-electron chi connectivity index (χ4n) is 3.75. The molecular formula is C27H30N4O7S. The Morgan fingerprint density at radius 3 is 2.10 bits per heavy atom. The number of anilines is 1. The van der Waals surface area contributed by atoms with Crippen molar-refractivity contribution >= 4 is 15.9 Å². The number of aromatic nitrogens is 3. The topological polar surface area (TPSA) is 126 Å². The van der Waals surface area contributed by atoms with Crippen LogP contribution in [-0.2, 0) is 19.5 Å². The summed E-state index contributed by atoms with van der Waals surface area (Å²) in [5.74, 6) is 1.24. The van der Waals surface area contributed by atoms with Gasteiger partial charge in [0.25, 0.3) is 10.0 Å². The summed E-state index contributed by atoms with van der Waals surface area (Å²) in [6.45, 7) is 3.74. The lowest BCUT2D eigenvalue weighted by Gasteiger charge is -2.23. The minimum Gasteiger partial charge on any atom is -0.481 e. The summed E-state index contributed by atoms with van der Waals surface area (Å²) in [6, 6.07) is 15.6. The normalized spacial score (nSPS) is 11.4. The quantitative estimate of drug-likeness (QED) is 0.185. The van der Waals surface area contributed by atoms with Gasteiger partial charge in [-0.15, -0.1) is 0 Å². The third kappa shape index (κ3) is 6.03. The number of ether oxygens (including phenoxy) is 4. The second-order valence-corrected chi connectivity index (χ2v) is 10.3. The lowest BCUT2D eigenvalue weighted by Crippen LogP contribution is -2.34. The predicted molar refractivity (Wildman–Crippen MR) is 144 cm³/mol. The number of nitrogens with zero attached hydrogens (tertiary/aromatic N) is 4. The van der Waals surface area contributed by atoms with E-state index in [1.807, 2.05) is 24.3 Å². The van der Waals surface area contributed by atoms with Crippen LogP contribution in [0.1, 0.15) is 11.3 Å². The van der Waals surface area contributed by atoms with E-state index in [2.05, 4.69) is 15.1 Å². The molecule has 0 saturated heterocycles. The van der Waals surface area contributed by atoms with Gasteiger partial charge in [-0.1, -0.05) is 47.6 Å². The molecule has 2 heterocycles. The molecule has 206 valence electrons. The van der Waals surface area contributed by atoms with E-state index in [0.717, 1.165) is 4.31 Å². The van der Waals surface area contributed by atoms with E-state index < -0.39 is 10.0 Å². The van der Waals surface area contributed by atoms with Crippen LogP contribution in [-0.4, -0.2) is 64.8 Å². The summed E-state index contributed by atoms with van der Waals surface area (Å²) < 4.78 is 55.7. The van der Waals surface area contributed by atoms with Crippen molar-refractivity contribution in [2.24, 2.45) is 0 Å². The maximum absolute atomic E-state index is 14.1. The van der Waals surface area contributed by atoms with Gasteiger partial charge >= 0.3 is 0 Å². The number of methoxy groups -OCH3 is 3. The van der Waals surface area contributed by atoms with Crippen molar-refractivity contribution < 1.29 is 31.9 Å². The molecule has 0 aliphatic rings. The molecule has 0 saturated carbocycles. The molecule has 0 fully saturated rings. The second-order valence-electron chi connectivity index (χ2n) is 8.43. The summed E-state index contributed by atoms with van der Waals surface area (Å²) >= 11 is 0. The Hall–Kier alpha value is -4.00. The SMILES string of the molecule is COCCOCN(c1onc(C)c1C)S(=O)(=O)c1ccccc1-c1ccc(-c2nc(OC)cc(OC)n2)cc1. The molecule has 0 unspecified atom stereocenters. The van der Waals surface area contributed by atoms with Crippen molar-refractivity contribution in [3.05, 3.63) is 65.9 Å². The van der Waals surface area contributed by atoms with Crippen LogP contribution in [0.3, 0.4) is 0 Å². The zero-order valence-electron chi connectivity index (χ0n) is 22.4. The van der Waals surface area contributed by atoms with Crippen LogP contribution in [0.4, 0.5) is 5.88 Å². The molecular weight excluding hydrogens is 524 g/mol. The van der Waals surface area contributed by atoms with Crippen molar-refractivity contribution in [2.45, 2.75) is 18.7 Å². The average Bonchev–Trinajstić information content (AvgIpc) is 3.29. The van der Waals surface area contributed by atoms with Gasteiger partial charge in [-0.25, -0.2) is 12.7 Å². The van der Waals surface area contributed by atoms with Crippen LogP contribution in [0.15, 0.2) is 64.0 Å². The fraction of sp³-hybridized carbons (Fsp3) is 0.296. The van der Waals surface area contributed by atoms with Crippen LogP contribution >= 0.6 is 0 Å². The van der Waals surface area contributed by atoms with Crippen LogP contribution in [0.5, 0.6) is 11.8 Å². The number of sulfonamides is 1. The molecule has 0 amide bonds. The minimum atomic E-state index is -4.13. The summed E-state index contributed by atoms with van der Waals surface area (Å²) in [4.78, 5) is 8.85. The first kappa shape index (κ1) is 28.0. The van der Waals surface area contributed by atoms with E-state index in [4.69, 9.17) is 23.5 Å². The van der Waals surface area contributed by atoms with Crippen LogP contribution in [0, 0.1) is 13.8 Å². The molecule has 0 aliphatic carbocycles. The smallest absolute Gasteiger partial charge is 0.269 e. The van der Waals surface area contributed by atoms with E-state index in [1.165, 1.54) is 14.2 Å². The monoisotopic (exact) mass is 554 g/mol. The van der Waals surface area contributed by atoms with Crippen molar-refractivity contribution in [2.75, 3.05) is 45.6 Å². The zero-order valence-corrected chi connectivity index (χ0v) is 23.2. The first-order chi connectivity index (χ1) is 18.8. The van der Waals surface area contributed by atoms with E-state index in [9.17, 15) is 8.42 Å². The maximum Gasteiger partial charge on any atom is 0.269 e. The molecule has 0 atom stereocenters. The largest absolute Gasteiger partial charge is 0.481 e. The highest BCUT2D eigenvalue weighted by atomic mass is 32.2. The molecule has 0 aliphatic heterocycles. The minimum absolute atomic E-state index is 0.0841. The number of aryl methyl sites for hydroxylation is 1. The molecule has 4 aromatic rings. The summed E-state index contributed by atoms with van der Waals surface area (Å²) in [5.41, 5.74) is 3.08. The first-order valence-electron chi connectivity index (χ1n) is 12.0. The second kappa shape index (κ2) is 12.2. The van der Waals surface area contributed by atoms with Gasteiger partial charge in [0.15, 0.2) is 5.82 Å². The van der Waals surface area contributed by atoms with Gasteiger partial charge in [0.2, 0.25) is 17.6 Å². The number of hydrogen-bond donors (Lipinski definition) is 0. The standard InChI is InChI=1S/C27H30N4O7S/c1-18-19(2)30-38-27(18)31(17-37-15-14-34-3)39(32,33)23-9-7-6-8-22(23)20-10-12-21(13-11-20)26-28-24(35-4)16-25(29-26)36-5/h6-13,16H,14-15,17H2,1-5H3. The van der Waals surface area contributed by atoms with Crippen LogP contribution < -0.4 is 13.8 Å². The Morgan fingerprint density at radius 2 is 1.51 bits per heavy atom. The van der Waals surface area contributed by atoms with Gasteiger partial charge in [0.05, 0.1) is 44.1 Å². The molecule has 0 spiro atoms. The third-order valence-corrected chi connectivity index (χ3v) is 7.77. The predicted octanol–water partition coefficient (Wildman–Crippen LogP) is 4.25. The third-order valence-electron chi connectivity index (χ3n) is 6.01. The van der Waals surface area contributed by atoms with Crippen molar-refractivity contribution in [1.29, 1.82) is 0 Å². The number of benzene rings is 2. The molecule has 0 bridgehead atoms. The van der Waals surface area contributed by atoms with Gasteiger partial charge in [-0.3, -0.25) is 0 Å². The lowest BCUT2D eigenvalue weighted by atomic mass is 10.0. The molecule has 11 nitrogen and oxygen atoms in total. The number of hydrogen-bond acceptors (Lipinski definition) is 10. The van der Waals surface area contributed by atoms with E-state index >= 15 is 0 Å². The molecule has 0 N–H and O–H groups in total. The highest BCUT2D eigenvalue weighted by Crippen LogP contribution is 2.34. The molecule has 39 heavy (non-hydrogen) atoms. The molecule has 4 rings (SSSR count). The molecule has 12 heteroatoms. The Labute approximate surface area is 227 Å². The lowest BCUT2D eigenvalue weighted by molar-refractivity contribution is 0.0744.